The van der Waals surface area contributed by atoms with E-state index in [4.69, 9.17) is 14.6 Å². The van der Waals surface area contributed by atoms with Crippen LogP contribution in [0.4, 0.5) is 4.79 Å². The Morgan fingerprint density at radius 1 is 1.19 bits per heavy atom. The van der Waals surface area contributed by atoms with Crippen molar-refractivity contribution < 1.29 is 29.0 Å². The number of ether oxygens (including phenoxy) is 2. The number of aliphatic hydroxyl groups is 1. The molecule has 0 saturated carbocycles. The van der Waals surface area contributed by atoms with Crippen molar-refractivity contribution in [3.63, 3.8) is 0 Å². The van der Waals surface area contributed by atoms with Gasteiger partial charge in [-0.2, -0.15) is 0 Å². The molecule has 3 rings (SSSR count). The number of aliphatic hydroxyl groups excluding tert-OH is 1. The first-order valence-electron chi connectivity index (χ1n) is 10.7. The van der Waals surface area contributed by atoms with Crippen LogP contribution in [0, 0.1) is 5.92 Å². The monoisotopic (exact) mass is 427 g/mol. The molecule has 1 saturated heterocycles. The van der Waals surface area contributed by atoms with Crippen LogP contribution in [0.15, 0.2) is 54.3 Å². The van der Waals surface area contributed by atoms with Crippen LogP contribution < -0.4 is 0 Å². The summed E-state index contributed by atoms with van der Waals surface area (Å²) in [6, 6.07) is 9.17. The number of rotatable bonds is 9. The molecule has 1 fully saturated rings. The minimum atomic E-state index is -0.980. The van der Waals surface area contributed by atoms with E-state index in [0.717, 1.165) is 36.1 Å². The van der Waals surface area contributed by atoms with Crippen molar-refractivity contribution >= 4 is 17.8 Å². The van der Waals surface area contributed by atoms with E-state index in [1.807, 2.05) is 36.4 Å². The van der Waals surface area contributed by atoms with E-state index in [-0.39, 0.29) is 19.0 Å². The van der Waals surface area contributed by atoms with E-state index in [2.05, 4.69) is 0 Å². The molecule has 2 aliphatic heterocycles. The van der Waals surface area contributed by atoms with Gasteiger partial charge in [0.05, 0.1) is 12.0 Å². The van der Waals surface area contributed by atoms with Crippen LogP contribution in [-0.4, -0.2) is 53.1 Å². The van der Waals surface area contributed by atoms with Gasteiger partial charge in [0.25, 0.3) is 0 Å². The van der Waals surface area contributed by atoms with Gasteiger partial charge in [0.2, 0.25) is 5.91 Å². The van der Waals surface area contributed by atoms with E-state index in [1.54, 1.807) is 13.0 Å². The number of carbonyl (C=O) groups excluding carboxylic acids is 3. The molecule has 0 bridgehead atoms. The van der Waals surface area contributed by atoms with Crippen molar-refractivity contribution in [3.05, 3.63) is 59.9 Å². The number of carbonyl (C=O) groups is 3. The second kappa shape index (κ2) is 10.9. The minimum absolute atomic E-state index is 0.130. The summed E-state index contributed by atoms with van der Waals surface area (Å²) < 4.78 is 11.0. The summed E-state index contributed by atoms with van der Waals surface area (Å²) in [5.41, 5.74) is 0.996. The Morgan fingerprint density at radius 2 is 1.97 bits per heavy atom. The quantitative estimate of drug-likeness (QED) is 0.609. The SMILES string of the molecule is C[C@H](C(=O)N1C(=O)OC[C@H]1Cc1ccccc1)C1O/C(=C\CCCCCO)C=CC1=O. The zero-order valence-corrected chi connectivity index (χ0v) is 17.7. The third-order valence-corrected chi connectivity index (χ3v) is 5.52. The average Bonchev–Trinajstić information content (AvgIpc) is 3.14. The highest BCUT2D eigenvalue weighted by Gasteiger charge is 2.43. The van der Waals surface area contributed by atoms with Crippen molar-refractivity contribution in [3.8, 4) is 0 Å². The van der Waals surface area contributed by atoms with Gasteiger partial charge in [-0.1, -0.05) is 36.8 Å². The number of amides is 2. The second-order valence-electron chi connectivity index (χ2n) is 7.87. The van der Waals surface area contributed by atoms with E-state index in [1.165, 1.54) is 6.08 Å². The van der Waals surface area contributed by atoms with Gasteiger partial charge in [-0.05, 0) is 56.4 Å². The van der Waals surface area contributed by atoms with Crippen molar-refractivity contribution in [1.29, 1.82) is 0 Å². The lowest BCUT2D eigenvalue weighted by atomic mass is 9.96. The van der Waals surface area contributed by atoms with Crippen LogP contribution in [-0.2, 0) is 25.5 Å². The highest BCUT2D eigenvalue weighted by molar-refractivity contribution is 6.01. The predicted molar refractivity (Wildman–Crippen MR) is 114 cm³/mol. The number of hydrogen-bond donors (Lipinski definition) is 1. The normalized spacial score (nSPS) is 23.0. The van der Waals surface area contributed by atoms with Gasteiger partial charge in [-0.3, -0.25) is 9.59 Å². The molecule has 1 aromatic rings. The first-order chi connectivity index (χ1) is 15.0. The van der Waals surface area contributed by atoms with E-state index < -0.39 is 30.1 Å². The average molecular weight is 427 g/mol. The summed E-state index contributed by atoms with van der Waals surface area (Å²) in [7, 11) is 0. The Morgan fingerprint density at radius 3 is 2.71 bits per heavy atom. The molecule has 7 heteroatoms. The Kier molecular flexibility index (Phi) is 8.00. The maximum absolute atomic E-state index is 13.2. The molecule has 166 valence electrons. The molecule has 3 atom stereocenters. The zero-order chi connectivity index (χ0) is 22.2. The molecule has 7 nitrogen and oxygen atoms in total. The van der Waals surface area contributed by atoms with Crippen molar-refractivity contribution in [2.45, 2.75) is 51.2 Å². The molecule has 31 heavy (non-hydrogen) atoms. The predicted octanol–water partition coefficient (Wildman–Crippen LogP) is 3.17. The van der Waals surface area contributed by atoms with Gasteiger partial charge in [-0.15, -0.1) is 0 Å². The lowest BCUT2D eigenvalue weighted by Gasteiger charge is -2.29. The molecule has 1 aromatic carbocycles. The fraction of sp³-hybridized carbons (Fsp3) is 0.458. The minimum Gasteiger partial charge on any atom is -0.482 e. The fourth-order valence-corrected chi connectivity index (χ4v) is 3.76. The first kappa shape index (κ1) is 22.7. The number of hydrogen-bond acceptors (Lipinski definition) is 6. The number of unbranched alkanes of at least 4 members (excludes halogenated alkanes) is 3. The van der Waals surface area contributed by atoms with Gasteiger partial charge in [0, 0.05) is 6.61 Å². The molecule has 1 N–H and O–H groups in total. The smallest absolute Gasteiger partial charge is 0.416 e. The van der Waals surface area contributed by atoms with Gasteiger partial charge >= 0.3 is 6.09 Å². The van der Waals surface area contributed by atoms with Crippen LogP contribution in [0.5, 0.6) is 0 Å². The summed E-state index contributed by atoms with van der Waals surface area (Å²) >= 11 is 0. The molecule has 2 aliphatic rings. The number of cyclic esters (lactones) is 1. The number of ketones is 1. The van der Waals surface area contributed by atoms with E-state index >= 15 is 0 Å². The number of benzene rings is 1. The van der Waals surface area contributed by atoms with Gasteiger partial charge in [0.15, 0.2) is 11.9 Å². The molecule has 0 radical (unpaired) electrons. The van der Waals surface area contributed by atoms with E-state index in [0.29, 0.717) is 12.2 Å². The van der Waals surface area contributed by atoms with Crippen LogP contribution in [0.2, 0.25) is 0 Å². The summed E-state index contributed by atoms with van der Waals surface area (Å²) in [5, 5.41) is 8.84. The third kappa shape index (κ3) is 5.82. The standard InChI is InChI=1S/C24H29NO6/c1-17(22-21(27)13-12-20(31-22)11-7-2-3-8-14-26)23(28)25-19(16-30-24(25)29)15-18-9-5-4-6-10-18/h4-6,9-13,17,19,22,26H,2-3,7-8,14-16H2,1H3/b20-11-/t17-,19+,22?/m0/s1. The topological polar surface area (TPSA) is 93.1 Å². The highest BCUT2D eigenvalue weighted by Crippen LogP contribution is 2.26. The Labute approximate surface area is 182 Å². The molecule has 0 spiro atoms. The molecular weight excluding hydrogens is 398 g/mol. The number of allylic oxidation sites excluding steroid dienone is 2. The van der Waals surface area contributed by atoms with Crippen LogP contribution in [0.25, 0.3) is 0 Å². The molecule has 2 amide bonds. The molecule has 0 aromatic heterocycles. The Hall–Kier alpha value is -2.93. The van der Waals surface area contributed by atoms with Crippen molar-refractivity contribution in [1.82, 2.24) is 4.90 Å². The van der Waals surface area contributed by atoms with Gasteiger partial charge in [0.1, 0.15) is 12.4 Å². The summed E-state index contributed by atoms with van der Waals surface area (Å²) in [6.07, 6.45) is 7.03. The Bertz CT molecular complexity index is 847. The summed E-state index contributed by atoms with van der Waals surface area (Å²) in [4.78, 5) is 39.0. The van der Waals surface area contributed by atoms with Crippen LogP contribution in [0.3, 0.4) is 0 Å². The number of nitrogens with zero attached hydrogens (tertiary/aromatic N) is 1. The molecule has 1 unspecified atom stereocenters. The van der Waals surface area contributed by atoms with E-state index in [9.17, 15) is 14.4 Å². The number of imide groups is 1. The first-order valence-corrected chi connectivity index (χ1v) is 10.7. The lowest BCUT2D eigenvalue weighted by molar-refractivity contribution is -0.142. The maximum atomic E-state index is 13.2. The largest absolute Gasteiger partial charge is 0.482 e. The fourth-order valence-electron chi connectivity index (χ4n) is 3.76. The Balaban J connectivity index is 1.65. The van der Waals surface area contributed by atoms with Gasteiger partial charge < -0.3 is 14.6 Å². The third-order valence-electron chi connectivity index (χ3n) is 5.52. The van der Waals surface area contributed by atoms with Crippen LogP contribution >= 0.6 is 0 Å². The van der Waals surface area contributed by atoms with Crippen molar-refractivity contribution in [2.75, 3.05) is 13.2 Å². The maximum Gasteiger partial charge on any atom is 0.416 e. The second-order valence-corrected chi connectivity index (χ2v) is 7.87. The van der Waals surface area contributed by atoms with Crippen molar-refractivity contribution in [2.24, 2.45) is 5.92 Å². The zero-order valence-electron chi connectivity index (χ0n) is 17.7. The molecular formula is C24H29NO6. The molecule has 0 aliphatic carbocycles. The summed E-state index contributed by atoms with van der Waals surface area (Å²) in [5.74, 6) is -1.07. The van der Waals surface area contributed by atoms with Gasteiger partial charge in [-0.25, -0.2) is 9.69 Å². The lowest BCUT2D eigenvalue weighted by Crippen LogP contribution is -2.48. The summed E-state index contributed by atoms with van der Waals surface area (Å²) in [6.45, 7) is 1.91. The van der Waals surface area contributed by atoms with Crippen LogP contribution in [0.1, 0.15) is 38.2 Å². The highest BCUT2D eigenvalue weighted by atomic mass is 16.6. The molecule has 2 heterocycles.